The molecule has 1 aromatic rings. The first-order valence-electron chi connectivity index (χ1n) is 6.95. The van der Waals surface area contributed by atoms with Gasteiger partial charge in [0, 0.05) is 38.0 Å². The van der Waals surface area contributed by atoms with Crippen LogP contribution < -0.4 is 16.0 Å². The maximum atomic E-state index is 12.1. The molecule has 1 unspecified atom stereocenters. The molecule has 0 bridgehead atoms. The highest BCUT2D eigenvalue weighted by molar-refractivity contribution is 5.94. The van der Waals surface area contributed by atoms with Crippen LogP contribution >= 0.6 is 0 Å². The standard InChI is InChI=1S/C15H19N3O3/c1-10(19)16-8-11-2-4-12(5-3-11)15(21)18-13-6-7-14(20)17-9-13/h2-5,13H,6-9H2,1H3,(H,16,19)(H,17,20)(H,18,21). The Morgan fingerprint density at radius 1 is 1.29 bits per heavy atom. The van der Waals surface area contributed by atoms with Crippen molar-refractivity contribution in [2.75, 3.05) is 6.54 Å². The lowest BCUT2D eigenvalue weighted by molar-refractivity contribution is -0.122. The molecule has 21 heavy (non-hydrogen) atoms. The zero-order valence-electron chi connectivity index (χ0n) is 11.9. The van der Waals surface area contributed by atoms with E-state index in [4.69, 9.17) is 0 Å². The second-order valence-corrected chi connectivity index (χ2v) is 5.12. The fraction of sp³-hybridized carbons (Fsp3) is 0.400. The summed E-state index contributed by atoms with van der Waals surface area (Å²) in [5.41, 5.74) is 1.50. The first-order valence-corrected chi connectivity index (χ1v) is 6.95. The molecule has 112 valence electrons. The quantitative estimate of drug-likeness (QED) is 0.746. The molecule has 2 rings (SSSR count). The second kappa shape index (κ2) is 6.88. The number of hydrogen-bond donors (Lipinski definition) is 3. The maximum Gasteiger partial charge on any atom is 0.251 e. The van der Waals surface area contributed by atoms with Crippen LogP contribution in [0.3, 0.4) is 0 Å². The minimum Gasteiger partial charge on any atom is -0.354 e. The lowest BCUT2D eigenvalue weighted by Gasteiger charge is -2.23. The predicted molar refractivity (Wildman–Crippen MR) is 77.5 cm³/mol. The lowest BCUT2D eigenvalue weighted by atomic mass is 10.1. The van der Waals surface area contributed by atoms with Crippen LogP contribution in [-0.4, -0.2) is 30.3 Å². The number of carbonyl (C=O) groups is 3. The number of piperidine rings is 1. The minimum absolute atomic E-state index is 0.0192. The Hall–Kier alpha value is -2.37. The van der Waals surface area contributed by atoms with E-state index in [-0.39, 0.29) is 23.8 Å². The molecule has 1 aromatic carbocycles. The molecule has 0 aromatic heterocycles. The van der Waals surface area contributed by atoms with Crippen molar-refractivity contribution in [2.45, 2.75) is 32.4 Å². The van der Waals surface area contributed by atoms with E-state index in [0.29, 0.717) is 31.5 Å². The molecule has 0 spiro atoms. The van der Waals surface area contributed by atoms with E-state index in [1.807, 2.05) is 12.1 Å². The first-order chi connectivity index (χ1) is 10.0. The smallest absolute Gasteiger partial charge is 0.251 e. The van der Waals surface area contributed by atoms with Gasteiger partial charge < -0.3 is 16.0 Å². The Kier molecular flexibility index (Phi) is 4.92. The van der Waals surface area contributed by atoms with Gasteiger partial charge in [-0.25, -0.2) is 0 Å². The Labute approximate surface area is 123 Å². The number of hydrogen-bond acceptors (Lipinski definition) is 3. The summed E-state index contributed by atoms with van der Waals surface area (Å²) in [5.74, 6) is -0.207. The van der Waals surface area contributed by atoms with Gasteiger partial charge in [-0.05, 0) is 24.1 Å². The van der Waals surface area contributed by atoms with E-state index in [0.717, 1.165) is 5.56 Å². The van der Waals surface area contributed by atoms with Gasteiger partial charge in [0.05, 0.1) is 0 Å². The molecule has 3 amide bonds. The Bertz CT molecular complexity index is 530. The molecule has 1 saturated heterocycles. The summed E-state index contributed by atoms with van der Waals surface area (Å²) in [5, 5.41) is 8.33. The number of amides is 3. The summed E-state index contributed by atoms with van der Waals surface area (Å²) >= 11 is 0. The molecule has 1 atom stereocenters. The average Bonchev–Trinajstić information content (AvgIpc) is 2.48. The molecule has 3 N–H and O–H groups in total. The molecular formula is C15H19N3O3. The van der Waals surface area contributed by atoms with Gasteiger partial charge >= 0.3 is 0 Å². The predicted octanol–water partition coefficient (Wildman–Crippen LogP) is 0.331. The van der Waals surface area contributed by atoms with E-state index in [1.165, 1.54) is 6.92 Å². The van der Waals surface area contributed by atoms with Crippen molar-refractivity contribution < 1.29 is 14.4 Å². The largest absolute Gasteiger partial charge is 0.354 e. The van der Waals surface area contributed by atoms with Crippen LogP contribution in [0.4, 0.5) is 0 Å². The van der Waals surface area contributed by atoms with E-state index >= 15 is 0 Å². The van der Waals surface area contributed by atoms with E-state index in [2.05, 4.69) is 16.0 Å². The SMILES string of the molecule is CC(=O)NCc1ccc(C(=O)NC2CCC(=O)NC2)cc1. The summed E-state index contributed by atoms with van der Waals surface area (Å²) in [6.07, 6.45) is 1.11. The van der Waals surface area contributed by atoms with E-state index < -0.39 is 0 Å². The third kappa shape index (κ3) is 4.59. The fourth-order valence-electron chi connectivity index (χ4n) is 2.13. The summed E-state index contributed by atoms with van der Waals surface area (Å²) < 4.78 is 0. The van der Waals surface area contributed by atoms with Crippen LogP contribution in [0.2, 0.25) is 0 Å². The van der Waals surface area contributed by atoms with Crippen molar-refractivity contribution in [2.24, 2.45) is 0 Å². The number of carbonyl (C=O) groups excluding carboxylic acids is 3. The zero-order chi connectivity index (χ0) is 15.2. The lowest BCUT2D eigenvalue weighted by Crippen LogP contribution is -2.47. The normalized spacial score (nSPS) is 17.8. The van der Waals surface area contributed by atoms with Gasteiger partial charge in [0.25, 0.3) is 5.91 Å². The van der Waals surface area contributed by atoms with Gasteiger partial charge in [0.2, 0.25) is 11.8 Å². The van der Waals surface area contributed by atoms with Crippen molar-refractivity contribution in [3.05, 3.63) is 35.4 Å². The zero-order valence-corrected chi connectivity index (χ0v) is 11.9. The van der Waals surface area contributed by atoms with Gasteiger partial charge in [-0.15, -0.1) is 0 Å². The van der Waals surface area contributed by atoms with Gasteiger partial charge in [0.1, 0.15) is 0 Å². The van der Waals surface area contributed by atoms with Crippen LogP contribution in [0.25, 0.3) is 0 Å². The molecule has 6 nitrogen and oxygen atoms in total. The molecule has 0 saturated carbocycles. The van der Waals surface area contributed by atoms with Crippen molar-refractivity contribution in [3.8, 4) is 0 Å². The molecule has 6 heteroatoms. The Morgan fingerprint density at radius 2 is 2.00 bits per heavy atom. The van der Waals surface area contributed by atoms with Gasteiger partial charge in [0.15, 0.2) is 0 Å². The van der Waals surface area contributed by atoms with E-state index in [1.54, 1.807) is 12.1 Å². The van der Waals surface area contributed by atoms with Crippen LogP contribution in [0.15, 0.2) is 24.3 Å². The first kappa shape index (κ1) is 15.0. The molecule has 1 fully saturated rings. The molecule has 1 heterocycles. The van der Waals surface area contributed by atoms with Crippen molar-refractivity contribution >= 4 is 17.7 Å². The molecule has 0 aliphatic carbocycles. The minimum atomic E-state index is -0.151. The third-order valence-corrected chi connectivity index (χ3v) is 3.36. The van der Waals surface area contributed by atoms with Crippen molar-refractivity contribution in [3.63, 3.8) is 0 Å². The number of benzene rings is 1. The Balaban J connectivity index is 1.87. The fourth-order valence-corrected chi connectivity index (χ4v) is 2.13. The van der Waals surface area contributed by atoms with Crippen molar-refractivity contribution in [1.82, 2.24) is 16.0 Å². The molecule has 0 radical (unpaired) electrons. The third-order valence-electron chi connectivity index (χ3n) is 3.36. The molecule has 1 aliphatic heterocycles. The summed E-state index contributed by atoms with van der Waals surface area (Å²) in [7, 11) is 0. The summed E-state index contributed by atoms with van der Waals surface area (Å²) in [4.78, 5) is 34.0. The van der Waals surface area contributed by atoms with Crippen molar-refractivity contribution in [1.29, 1.82) is 0 Å². The maximum absolute atomic E-state index is 12.1. The number of rotatable bonds is 4. The van der Waals surface area contributed by atoms with Gasteiger partial charge in [-0.3, -0.25) is 14.4 Å². The van der Waals surface area contributed by atoms with Crippen LogP contribution in [0.5, 0.6) is 0 Å². The van der Waals surface area contributed by atoms with Gasteiger partial charge in [-0.1, -0.05) is 12.1 Å². The molecular weight excluding hydrogens is 270 g/mol. The monoisotopic (exact) mass is 289 g/mol. The molecule has 1 aliphatic rings. The highest BCUT2D eigenvalue weighted by Crippen LogP contribution is 2.07. The summed E-state index contributed by atoms with van der Waals surface area (Å²) in [6.45, 7) is 2.39. The van der Waals surface area contributed by atoms with Crippen LogP contribution in [0.1, 0.15) is 35.7 Å². The van der Waals surface area contributed by atoms with E-state index in [9.17, 15) is 14.4 Å². The Morgan fingerprint density at radius 3 is 2.57 bits per heavy atom. The highest BCUT2D eigenvalue weighted by Gasteiger charge is 2.19. The highest BCUT2D eigenvalue weighted by atomic mass is 16.2. The van der Waals surface area contributed by atoms with Gasteiger partial charge in [-0.2, -0.15) is 0 Å². The van der Waals surface area contributed by atoms with Crippen LogP contribution in [-0.2, 0) is 16.1 Å². The number of nitrogens with one attached hydrogen (secondary N) is 3. The average molecular weight is 289 g/mol. The second-order valence-electron chi connectivity index (χ2n) is 5.12. The van der Waals surface area contributed by atoms with Crippen LogP contribution in [0, 0.1) is 0 Å². The summed E-state index contributed by atoms with van der Waals surface area (Å²) in [6, 6.07) is 7.07. The topological polar surface area (TPSA) is 87.3 Å².